The largest absolute Gasteiger partial charge is 0.492 e. The molecule has 3 rings (SSSR count). The SMILES string of the molecule is CCOc1ccccc1NC(=O)[C@@H](C)Sc1nnc(C2CC2)n1CC. The summed E-state index contributed by atoms with van der Waals surface area (Å²) in [6.45, 7) is 7.27. The maximum atomic E-state index is 12.6. The highest BCUT2D eigenvalue weighted by molar-refractivity contribution is 8.00. The van der Waals surface area contributed by atoms with Crippen molar-refractivity contribution in [1.29, 1.82) is 0 Å². The summed E-state index contributed by atoms with van der Waals surface area (Å²) < 4.78 is 7.69. The van der Waals surface area contributed by atoms with Crippen molar-refractivity contribution in [3.05, 3.63) is 30.1 Å². The Hall–Kier alpha value is -2.02. The van der Waals surface area contributed by atoms with Crippen LogP contribution in [0.15, 0.2) is 29.4 Å². The molecule has 0 bridgehead atoms. The molecule has 2 aromatic rings. The van der Waals surface area contributed by atoms with Crippen LogP contribution in [0, 0.1) is 0 Å². The zero-order valence-electron chi connectivity index (χ0n) is 14.9. The van der Waals surface area contributed by atoms with Crippen molar-refractivity contribution in [2.24, 2.45) is 0 Å². The highest BCUT2D eigenvalue weighted by Crippen LogP contribution is 2.40. The fraction of sp³-hybridized carbons (Fsp3) is 0.500. The van der Waals surface area contributed by atoms with E-state index in [-0.39, 0.29) is 11.2 Å². The van der Waals surface area contributed by atoms with Crippen molar-refractivity contribution in [1.82, 2.24) is 14.8 Å². The molecule has 0 spiro atoms. The molecule has 0 radical (unpaired) electrons. The highest BCUT2D eigenvalue weighted by atomic mass is 32.2. The number of benzene rings is 1. The Balaban J connectivity index is 1.67. The van der Waals surface area contributed by atoms with Crippen molar-refractivity contribution in [3.8, 4) is 5.75 Å². The molecule has 1 aliphatic carbocycles. The summed E-state index contributed by atoms with van der Waals surface area (Å²) >= 11 is 1.44. The van der Waals surface area contributed by atoms with Crippen LogP contribution in [0.2, 0.25) is 0 Å². The van der Waals surface area contributed by atoms with Gasteiger partial charge in [0.25, 0.3) is 0 Å². The second-order valence-corrected chi connectivity index (χ2v) is 7.35. The third kappa shape index (κ3) is 4.15. The van der Waals surface area contributed by atoms with E-state index in [9.17, 15) is 4.79 Å². The van der Waals surface area contributed by atoms with Gasteiger partial charge in [0.15, 0.2) is 5.16 Å². The summed E-state index contributed by atoms with van der Waals surface area (Å²) in [4.78, 5) is 12.6. The molecule has 25 heavy (non-hydrogen) atoms. The predicted octanol–water partition coefficient (Wildman–Crippen LogP) is 3.69. The van der Waals surface area contributed by atoms with Crippen molar-refractivity contribution in [2.75, 3.05) is 11.9 Å². The van der Waals surface area contributed by atoms with Crippen LogP contribution in [0.1, 0.15) is 45.4 Å². The van der Waals surface area contributed by atoms with Gasteiger partial charge in [-0.3, -0.25) is 4.79 Å². The lowest BCUT2D eigenvalue weighted by Crippen LogP contribution is -2.23. The molecule has 1 amide bonds. The standard InChI is InChI=1S/C18H24N4O2S/c1-4-22-16(13-10-11-13)20-21-18(22)25-12(3)17(23)19-14-8-6-7-9-15(14)24-5-2/h6-9,12-13H,4-5,10-11H2,1-3H3,(H,19,23)/t12-/m1/s1. The average Bonchev–Trinajstić information content (AvgIpc) is 3.38. The molecule has 1 aromatic carbocycles. The number of carbonyl (C=O) groups is 1. The molecule has 1 aliphatic rings. The molecular weight excluding hydrogens is 336 g/mol. The van der Waals surface area contributed by atoms with E-state index in [0.29, 0.717) is 24.0 Å². The first kappa shape index (κ1) is 17.8. The van der Waals surface area contributed by atoms with Gasteiger partial charge in [0, 0.05) is 12.5 Å². The Bertz CT molecular complexity index is 742. The van der Waals surface area contributed by atoms with Gasteiger partial charge in [0.05, 0.1) is 17.5 Å². The van der Waals surface area contributed by atoms with E-state index in [1.54, 1.807) is 0 Å². The third-order valence-corrected chi connectivity index (χ3v) is 5.18. The Labute approximate surface area is 152 Å². The number of ether oxygens (including phenoxy) is 1. The quantitative estimate of drug-likeness (QED) is 0.727. The van der Waals surface area contributed by atoms with E-state index < -0.39 is 0 Å². The molecule has 1 aromatic heterocycles. The fourth-order valence-electron chi connectivity index (χ4n) is 2.63. The van der Waals surface area contributed by atoms with Gasteiger partial charge in [-0.05, 0) is 45.7 Å². The number of nitrogens with zero attached hydrogens (tertiary/aromatic N) is 3. The number of hydrogen-bond donors (Lipinski definition) is 1. The molecule has 7 heteroatoms. The number of para-hydroxylation sites is 2. The second-order valence-electron chi connectivity index (χ2n) is 6.04. The van der Waals surface area contributed by atoms with Crippen molar-refractivity contribution >= 4 is 23.4 Å². The van der Waals surface area contributed by atoms with E-state index in [1.807, 2.05) is 38.1 Å². The van der Waals surface area contributed by atoms with Gasteiger partial charge < -0.3 is 14.6 Å². The molecule has 0 saturated heterocycles. The van der Waals surface area contributed by atoms with Crippen LogP contribution in [-0.4, -0.2) is 32.5 Å². The number of hydrogen-bond acceptors (Lipinski definition) is 5. The number of aromatic nitrogens is 3. The third-order valence-electron chi connectivity index (χ3n) is 4.10. The zero-order valence-corrected chi connectivity index (χ0v) is 15.7. The second kappa shape index (κ2) is 7.91. The summed E-state index contributed by atoms with van der Waals surface area (Å²) in [6, 6.07) is 7.47. The Morgan fingerprint density at radius 1 is 1.36 bits per heavy atom. The van der Waals surface area contributed by atoms with Gasteiger partial charge in [0.2, 0.25) is 5.91 Å². The molecule has 6 nitrogen and oxygen atoms in total. The number of carbonyl (C=O) groups excluding carboxylic acids is 1. The maximum absolute atomic E-state index is 12.6. The van der Waals surface area contributed by atoms with E-state index in [1.165, 1.54) is 24.6 Å². The first-order valence-corrected chi connectivity index (χ1v) is 9.64. The maximum Gasteiger partial charge on any atom is 0.237 e. The summed E-state index contributed by atoms with van der Waals surface area (Å²) in [7, 11) is 0. The summed E-state index contributed by atoms with van der Waals surface area (Å²) in [5, 5.41) is 12.1. The molecule has 1 heterocycles. The minimum Gasteiger partial charge on any atom is -0.492 e. The average molecular weight is 360 g/mol. The molecule has 134 valence electrons. The Morgan fingerprint density at radius 3 is 2.80 bits per heavy atom. The number of rotatable bonds is 8. The zero-order chi connectivity index (χ0) is 17.8. The topological polar surface area (TPSA) is 69.0 Å². The monoisotopic (exact) mass is 360 g/mol. The van der Waals surface area contributed by atoms with Gasteiger partial charge in [0.1, 0.15) is 11.6 Å². The van der Waals surface area contributed by atoms with E-state index in [2.05, 4.69) is 27.0 Å². The number of thioether (sulfide) groups is 1. The Morgan fingerprint density at radius 2 is 2.12 bits per heavy atom. The van der Waals surface area contributed by atoms with Crippen LogP contribution < -0.4 is 10.1 Å². The first-order chi connectivity index (χ1) is 12.1. The molecular formula is C18H24N4O2S. The smallest absolute Gasteiger partial charge is 0.237 e. The first-order valence-electron chi connectivity index (χ1n) is 8.76. The van der Waals surface area contributed by atoms with Gasteiger partial charge in [-0.2, -0.15) is 0 Å². The van der Waals surface area contributed by atoms with E-state index in [4.69, 9.17) is 4.74 Å². The van der Waals surface area contributed by atoms with Crippen molar-refractivity contribution in [2.45, 2.75) is 56.5 Å². The number of anilines is 1. The Kier molecular flexibility index (Phi) is 5.63. The van der Waals surface area contributed by atoms with Crippen LogP contribution in [0.4, 0.5) is 5.69 Å². The lowest BCUT2D eigenvalue weighted by Gasteiger charge is -2.15. The van der Waals surface area contributed by atoms with E-state index in [0.717, 1.165) is 17.5 Å². The lowest BCUT2D eigenvalue weighted by atomic mass is 10.3. The van der Waals surface area contributed by atoms with Crippen LogP contribution in [0.5, 0.6) is 5.75 Å². The molecule has 0 aliphatic heterocycles. The normalized spacial score (nSPS) is 15.0. The van der Waals surface area contributed by atoms with Crippen LogP contribution in [0.3, 0.4) is 0 Å². The minimum atomic E-state index is -0.281. The molecule has 1 N–H and O–H groups in total. The lowest BCUT2D eigenvalue weighted by molar-refractivity contribution is -0.115. The molecule has 1 saturated carbocycles. The van der Waals surface area contributed by atoms with Crippen LogP contribution in [0.25, 0.3) is 0 Å². The minimum absolute atomic E-state index is 0.0734. The van der Waals surface area contributed by atoms with Gasteiger partial charge >= 0.3 is 0 Å². The molecule has 0 unspecified atom stereocenters. The summed E-state index contributed by atoms with van der Waals surface area (Å²) in [6.07, 6.45) is 2.38. The number of amides is 1. The van der Waals surface area contributed by atoms with Gasteiger partial charge in [-0.1, -0.05) is 23.9 Å². The predicted molar refractivity (Wildman–Crippen MR) is 99.2 cm³/mol. The van der Waals surface area contributed by atoms with Gasteiger partial charge in [-0.15, -0.1) is 10.2 Å². The van der Waals surface area contributed by atoms with E-state index >= 15 is 0 Å². The van der Waals surface area contributed by atoms with Crippen LogP contribution >= 0.6 is 11.8 Å². The summed E-state index contributed by atoms with van der Waals surface area (Å²) in [5.74, 6) is 2.21. The van der Waals surface area contributed by atoms with Gasteiger partial charge in [-0.25, -0.2) is 0 Å². The fourth-order valence-corrected chi connectivity index (χ4v) is 3.55. The molecule has 1 fully saturated rings. The van der Waals surface area contributed by atoms with Crippen molar-refractivity contribution < 1.29 is 9.53 Å². The highest BCUT2D eigenvalue weighted by Gasteiger charge is 2.30. The van der Waals surface area contributed by atoms with Crippen molar-refractivity contribution in [3.63, 3.8) is 0 Å². The van der Waals surface area contributed by atoms with Crippen LogP contribution in [-0.2, 0) is 11.3 Å². The molecule has 1 atom stereocenters. The summed E-state index contributed by atoms with van der Waals surface area (Å²) in [5.41, 5.74) is 0.692. The number of nitrogens with one attached hydrogen (secondary N) is 1.